The van der Waals surface area contributed by atoms with E-state index in [4.69, 9.17) is 4.74 Å². The van der Waals surface area contributed by atoms with Crippen molar-refractivity contribution >= 4 is 0 Å². The zero-order valence-corrected chi connectivity index (χ0v) is 9.34. The third-order valence-corrected chi connectivity index (χ3v) is 2.36. The summed E-state index contributed by atoms with van der Waals surface area (Å²) < 4.78 is 5.48. The van der Waals surface area contributed by atoms with Gasteiger partial charge in [0.25, 0.3) is 0 Å². The largest absolute Gasteiger partial charge is 0.488 e. The summed E-state index contributed by atoms with van der Waals surface area (Å²) in [6, 6.07) is 7.21. The molecule has 1 aromatic rings. The number of aliphatic hydroxyl groups is 2. The lowest BCUT2D eigenvalue weighted by molar-refractivity contribution is 0.0604. The SMILES string of the molecule is CC(O)C(C)Oc1ccc([C@H](C)O)cc1. The minimum atomic E-state index is -0.499. The van der Waals surface area contributed by atoms with Gasteiger partial charge in [0.1, 0.15) is 11.9 Å². The summed E-state index contributed by atoms with van der Waals surface area (Å²) in [4.78, 5) is 0. The summed E-state index contributed by atoms with van der Waals surface area (Å²) in [6.07, 6.45) is -1.20. The fraction of sp³-hybridized carbons (Fsp3) is 0.500. The van der Waals surface area contributed by atoms with Gasteiger partial charge in [0, 0.05) is 0 Å². The molecule has 15 heavy (non-hydrogen) atoms. The maximum Gasteiger partial charge on any atom is 0.121 e. The van der Waals surface area contributed by atoms with Gasteiger partial charge < -0.3 is 14.9 Å². The molecule has 3 nitrogen and oxygen atoms in total. The van der Waals surface area contributed by atoms with Gasteiger partial charge in [-0.05, 0) is 38.5 Å². The molecule has 3 atom stereocenters. The Hall–Kier alpha value is -1.06. The highest BCUT2D eigenvalue weighted by Gasteiger charge is 2.10. The van der Waals surface area contributed by atoms with Crippen LogP contribution in [0, 0.1) is 0 Å². The molecule has 0 radical (unpaired) electrons. The van der Waals surface area contributed by atoms with Gasteiger partial charge in [-0.1, -0.05) is 12.1 Å². The molecule has 0 heterocycles. The van der Waals surface area contributed by atoms with Crippen molar-refractivity contribution in [2.75, 3.05) is 0 Å². The molecular formula is C12H18O3. The van der Waals surface area contributed by atoms with Gasteiger partial charge in [0.15, 0.2) is 0 Å². The third-order valence-electron chi connectivity index (χ3n) is 2.36. The zero-order valence-electron chi connectivity index (χ0n) is 9.34. The molecule has 0 spiro atoms. The molecule has 0 aliphatic carbocycles. The molecular weight excluding hydrogens is 192 g/mol. The molecule has 3 heteroatoms. The van der Waals surface area contributed by atoms with Crippen LogP contribution in [-0.4, -0.2) is 22.4 Å². The van der Waals surface area contributed by atoms with Crippen molar-refractivity contribution in [3.63, 3.8) is 0 Å². The lowest BCUT2D eigenvalue weighted by Gasteiger charge is -2.17. The molecule has 0 aromatic heterocycles. The number of rotatable bonds is 4. The maximum absolute atomic E-state index is 9.30. The average Bonchev–Trinajstić information content (AvgIpc) is 2.18. The second-order valence-corrected chi connectivity index (χ2v) is 3.81. The van der Waals surface area contributed by atoms with Crippen LogP contribution in [-0.2, 0) is 0 Å². The lowest BCUT2D eigenvalue weighted by Crippen LogP contribution is -2.25. The summed E-state index contributed by atoms with van der Waals surface area (Å²) in [6.45, 7) is 5.22. The standard InChI is InChI=1S/C12H18O3/c1-8(13)10(3)15-12-6-4-11(5-7-12)9(2)14/h4-10,13-14H,1-3H3/t8?,9-,10?/m0/s1. The van der Waals surface area contributed by atoms with Crippen LogP contribution in [0.15, 0.2) is 24.3 Å². The molecule has 1 aromatic carbocycles. The Morgan fingerprint density at radius 3 is 1.93 bits per heavy atom. The predicted octanol–water partition coefficient (Wildman–Crippen LogP) is 1.89. The molecule has 0 fully saturated rings. The fourth-order valence-corrected chi connectivity index (χ4v) is 1.14. The van der Waals surface area contributed by atoms with Crippen LogP contribution >= 0.6 is 0 Å². The smallest absolute Gasteiger partial charge is 0.121 e. The van der Waals surface area contributed by atoms with Gasteiger partial charge in [-0.25, -0.2) is 0 Å². The molecule has 2 unspecified atom stereocenters. The quantitative estimate of drug-likeness (QED) is 0.797. The van der Waals surface area contributed by atoms with Crippen LogP contribution in [0.3, 0.4) is 0 Å². The highest BCUT2D eigenvalue weighted by Crippen LogP contribution is 2.18. The second kappa shape index (κ2) is 5.14. The summed E-state index contributed by atoms with van der Waals surface area (Å²) >= 11 is 0. The lowest BCUT2D eigenvalue weighted by atomic mass is 10.1. The van der Waals surface area contributed by atoms with Crippen LogP contribution in [0.2, 0.25) is 0 Å². The van der Waals surface area contributed by atoms with Crippen molar-refractivity contribution in [1.29, 1.82) is 0 Å². The van der Waals surface area contributed by atoms with Crippen molar-refractivity contribution in [3.05, 3.63) is 29.8 Å². The van der Waals surface area contributed by atoms with E-state index in [2.05, 4.69) is 0 Å². The van der Waals surface area contributed by atoms with Crippen molar-refractivity contribution in [2.24, 2.45) is 0 Å². The van der Waals surface area contributed by atoms with Crippen LogP contribution in [0.4, 0.5) is 0 Å². The highest BCUT2D eigenvalue weighted by atomic mass is 16.5. The third kappa shape index (κ3) is 3.53. The van der Waals surface area contributed by atoms with Crippen LogP contribution in [0.1, 0.15) is 32.4 Å². The summed E-state index contributed by atoms with van der Waals surface area (Å²) in [5, 5.41) is 18.6. The van der Waals surface area contributed by atoms with E-state index in [9.17, 15) is 10.2 Å². The van der Waals surface area contributed by atoms with Crippen molar-refractivity contribution < 1.29 is 14.9 Å². The maximum atomic E-state index is 9.30. The molecule has 0 amide bonds. The number of hydrogen-bond donors (Lipinski definition) is 2. The Bertz CT molecular complexity index is 290. The molecule has 0 saturated heterocycles. The Morgan fingerprint density at radius 2 is 1.53 bits per heavy atom. The number of aliphatic hydroxyl groups excluding tert-OH is 2. The number of hydrogen-bond acceptors (Lipinski definition) is 3. The van der Waals surface area contributed by atoms with Gasteiger partial charge >= 0.3 is 0 Å². The van der Waals surface area contributed by atoms with Gasteiger partial charge in [0.05, 0.1) is 12.2 Å². The molecule has 0 saturated carbocycles. The van der Waals surface area contributed by atoms with Crippen LogP contribution in [0.25, 0.3) is 0 Å². The Kier molecular flexibility index (Phi) is 4.12. The molecule has 84 valence electrons. The van der Waals surface area contributed by atoms with Gasteiger partial charge in [-0.15, -0.1) is 0 Å². The Morgan fingerprint density at radius 1 is 1.00 bits per heavy atom. The molecule has 0 aliphatic heterocycles. The number of ether oxygens (including phenoxy) is 1. The predicted molar refractivity (Wildman–Crippen MR) is 58.8 cm³/mol. The van der Waals surface area contributed by atoms with E-state index >= 15 is 0 Å². The molecule has 0 aliphatic rings. The second-order valence-electron chi connectivity index (χ2n) is 3.81. The van der Waals surface area contributed by atoms with Crippen LogP contribution < -0.4 is 4.74 Å². The first-order valence-corrected chi connectivity index (χ1v) is 5.13. The monoisotopic (exact) mass is 210 g/mol. The first kappa shape index (κ1) is 12.0. The zero-order chi connectivity index (χ0) is 11.4. The van der Waals surface area contributed by atoms with E-state index in [-0.39, 0.29) is 6.10 Å². The number of benzene rings is 1. The topological polar surface area (TPSA) is 49.7 Å². The van der Waals surface area contributed by atoms with Crippen LogP contribution in [0.5, 0.6) is 5.75 Å². The molecule has 1 rings (SSSR count). The van der Waals surface area contributed by atoms with Gasteiger partial charge in [0.2, 0.25) is 0 Å². The van der Waals surface area contributed by atoms with Gasteiger partial charge in [-0.2, -0.15) is 0 Å². The molecule has 2 N–H and O–H groups in total. The van der Waals surface area contributed by atoms with Crippen molar-refractivity contribution in [2.45, 2.75) is 39.1 Å². The van der Waals surface area contributed by atoms with E-state index < -0.39 is 12.2 Å². The van der Waals surface area contributed by atoms with E-state index in [1.807, 2.05) is 19.1 Å². The molecule has 0 bridgehead atoms. The summed E-state index contributed by atoms with van der Waals surface area (Å²) in [7, 11) is 0. The fourth-order valence-electron chi connectivity index (χ4n) is 1.14. The van der Waals surface area contributed by atoms with Crippen molar-refractivity contribution in [1.82, 2.24) is 0 Å². The Balaban J connectivity index is 2.64. The van der Waals surface area contributed by atoms with E-state index in [0.717, 1.165) is 5.56 Å². The van der Waals surface area contributed by atoms with Gasteiger partial charge in [-0.3, -0.25) is 0 Å². The van der Waals surface area contributed by atoms with E-state index in [1.54, 1.807) is 26.0 Å². The van der Waals surface area contributed by atoms with E-state index in [1.165, 1.54) is 0 Å². The first-order chi connectivity index (χ1) is 7.00. The van der Waals surface area contributed by atoms with Crippen molar-refractivity contribution in [3.8, 4) is 5.75 Å². The minimum absolute atomic E-state index is 0.234. The van der Waals surface area contributed by atoms with E-state index in [0.29, 0.717) is 5.75 Å². The highest BCUT2D eigenvalue weighted by molar-refractivity contribution is 5.28. The minimum Gasteiger partial charge on any atom is -0.488 e. The first-order valence-electron chi connectivity index (χ1n) is 5.13. The normalized spacial score (nSPS) is 16.9. The summed E-state index contributed by atoms with van der Waals surface area (Å²) in [5.74, 6) is 0.702. The Labute approximate surface area is 90.3 Å². The average molecular weight is 210 g/mol. The summed E-state index contributed by atoms with van der Waals surface area (Å²) in [5.41, 5.74) is 0.854.